The number of fused-ring (bicyclic) bond motifs is 1. The van der Waals surface area contributed by atoms with Crippen molar-refractivity contribution < 1.29 is 28.7 Å². The van der Waals surface area contributed by atoms with Gasteiger partial charge >= 0.3 is 5.97 Å². The molecule has 0 spiro atoms. The van der Waals surface area contributed by atoms with E-state index in [1.54, 1.807) is 24.3 Å². The van der Waals surface area contributed by atoms with Crippen LogP contribution in [0.25, 0.3) is 0 Å². The normalized spacial score (nSPS) is 14.2. The standard InChI is InChI=1S/C25H18ClN3O7/c1-33-14-5-8-21(34-2)18(10-14)23-16-6-4-15(11-22(16)36-24(28)19(23)12-27)35-25(30)17-9-13(29(31)32)3-7-20(17)26/h3-11,23H,28H2,1-2H3. The van der Waals surface area contributed by atoms with Crippen LogP contribution in [0.5, 0.6) is 23.0 Å². The van der Waals surface area contributed by atoms with Crippen LogP contribution in [0.3, 0.4) is 0 Å². The minimum Gasteiger partial charge on any atom is -0.497 e. The van der Waals surface area contributed by atoms with Crippen LogP contribution in [0.4, 0.5) is 5.69 Å². The summed E-state index contributed by atoms with van der Waals surface area (Å²) < 4.78 is 21.9. The Labute approximate surface area is 210 Å². The van der Waals surface area contributed by atoms with Gasteiger partial charge in [-0.3, -0.25) is 10.1 Å². The van der Waals surface area contributed by atoms with Crippen LogP contribution in [0, 0.1) is 21.4 Å². The lowest BCUT2D eigenvalue weighted by atomic mass is 9.83. The second-order valence-corrected chi connectivity index (χ2v) is 7.95. The lowest BCUT2D eigenvalue weighted by Gasteiger charge is -2.28. The predicted octanol–water partition coefficient (Wildman–Crippen LogP) is 4.70. The van der Waals surface area contributed by atoms with E-state index in [1.165, 1.54) is 38.5 Å². The Hall–Kier alpha value is -4.75. The number of hydrogen-bond donors (Lipinski definition) is 1. The maximum absolute atomic E-state index is 12.7. The Kier molecular flexibility index (Phi) is 6.67. The van der Waals surface area contributed by atoms with Crippen LogP contribution in [0.2, 0.25) is 5.02 Å². The van der Waals surface area contributed by atoms with Gasteiger partial charge in [-0.05, 0) is 30.3 Å². The highest BCUT2D eigenvalue weighted by atomic mass is 35.5. The van der Waals surface area contributed by atoms with Crippen molar-refractivity contribution >= 4 is 23.3 Å². The Balaban J connectivity index is 1.74. The monoisotopic (exact) mass is 507 g/mol. The fourth-order valence-electron chi connectivity index (χ4n) is 3.83. The molecule has 0 amide bonds. The molecule has 3 aromatic carbocycles. The number of carbonyl (C=O) groups is 1. The number of nitrogens with two attached hydrogens (primary N) is 1. The molecule has 3 aromatic rings. The van der Waals surface area contributed by atoms with E-state index in [1.807, 2.05) is 0 Å². The first kappa shape index (κ1) is 24.4. The average molecular weight is 508 g/mol. The van der Waals surface area contributed by atoms with Crippen LogP contribution in [0.1, 0.15) is 27.4 Å². The van der Waals surface area contributed by atoms with Gasteiger partial charge in [0.25, 0.3) is 5.69 Å². The van der Waals surface area contributed by atoms with E-state index in [9.17, 15) is 20.2 Å². The second-order valence-electron chi connectivity index (χ2n) is 7.54. The van der Waals surface area contributed by atoms with E-state index in [0.29, 0.717) is 22.6 Å². The number of halogens is 1. The number of nitriles is 1. The van der Waals surface area contributed by atoms with Gasteiger partial charge in [-0.15, -0.1) is 0 Å². The zero-order chi connectivity index (χ0) is 26.0. The average Bonchev–Trinajstić information content (AvgIpc) is 2.87. The van der Waals surface area contributed by atoms with E-state index in [2.05, 4.69) is 6.07 Å². The van der Waals surface area contributed by atoms with Gasteiger partial charge in [0.15, 0.2) is 0 Å². The Bertz CT molecular complexity index is 1460. The van der Waals surface area contributed by atoms with Crippen LogP contribution in [0.15, 0.2) is 66.1 Å². The minimum absolute atomic E-state index is 0.00386. The van der Waals surface area contributed by atoms with Crippen LogP contribution < -0.4 is 24.7 Å². The maximum Gasteiger partial charge on any atom is 0.345 e. The summed E-state index contributed by atoms with van der Waals surface area (Å²) in [6.07, 6.45) is 0. The van der Waals surface area contributed by atoms with Gasteiger partial charge in [0.05, 0.1) is 35.6 Å². The summed E-state index contributed by atoms with van der Waals surface area (Å²) in [6, 6.07) is 15.3. The molecule has 0 radical (unpaired) electrons. The maximum atomic E-state index is 12.7. The van der Waals surface area contributed by atoms with Crippen molar-refractivity contribution in [2.45, 2.75) is 5.92 Å². The SMILES string of the molecule is COc1ccc(OC)c(C2C(C#N)=C(N)Oc3cc(OC(=O)c4cc([N+](=O)[O-])ccc4Cl)ccc32)c1. The molecule has 0 saturated heterocycles. The van der Waals surface area contributed by atoms with Crippen LogP contribution in [-0.2, 0) is 0 Å². The molecular formula is C25H18ClN3O7. The number of esters is 1. The van der Waals surface area contributed by atoms with Crippen molar-refractivity contribution in [2.24, 2.45) is 5.73 Å². The van der Waals surface area contributed by atoms with Gasteiger partial charge < -0.3 is 24.7 Å². The molecule has 1 atom stereocenters. The highest BCUT2D eigenvalue weighted by molar-refractivity contribution is 6.33. The molecule has 4 rings (SSSR count). The van der Waals surface area contributed by atoms with Crippen molar-refractivity contribution in [1.29, 1.82) is 5.26 Å². The van der Waals surface area contributed by atoms with Gasteiger partial charge in [0, 0.05) is 29.3 Å². The summed E-state index contributed by atoms with van der Waals surface area (Å²) in [5, 5.41) is 20.9. The molecular weight excluding hydrogens is 490 g/mol. The summed E-state index contributed by atoms with van der Waals surface area (Å²) in [4.78, 5) is 23.1. The van der Waals surface area contributed by atoms with Gasteiger partial charge in [0.1, 0.15) is 34.6 Å². The molecule has 0 fully saturated rings. The predicted molar refractivity (Wildman–Crippen MR) is 128 cm³/mol. The molecule has 2 N–H and O–H groups in total. The van der Waals surface area contributed by atoms with E-state index in [4.69, 9.17) is 36.3 Å². The molecule has 1 aliphatic rings. The third-order valence-corrected chi connectivity index (χ3v) is 5.86. The molecule has 11 heteroatoms. The molecule has 36 heavy (non-hydrogen) atoms. The van der Waals surface area contributed by atoms with Crippen molar-refractivity contribution in [3.8, 4) is 29.1 Å². The quantitative estimate of drug-likeness (QED) is 0.217. The summed E-state index contributed by atoms with van der Waals surface area (Å²) in [5.74, 6) is -0.293. The number of carbonyl (C=O) groups excluding carboxylic acids is 1. The molecule has 182 valence electrons. The number of methoxy groups -OCH3 is 2. The Morgan fingerprint density at radius 1 is 1.08 bits per heavy atom. The molecule has 1 heterocycles. The van der Waals surface area contributed by atoms with E-state index < -0.39 is 16.8 Å². The van der Waals surface area contributed by atoms with Crippen molar-refractivity contribution in [3.63, 3.8) is 0 Å². The number of nitro benzene ring substituents is 1. The number of nitro groups is 1. The van der Waals surface area contributed by atoms with Crippen LogP contribution in [-0.4, -0.2) is 25.1 Å². The molecule has 0 aromatic heterocycles. The van der Waals surface area contributed by atoms with E-state index in [-0.39, 0.29) is 39.2 Å². The molecule has 0 saturated carbocycles. The highest BCUT2D eigenvalue weighted by Crippen LogP contribution is 2.46. The number of allylic oxidation sites excluding steroid dienone is 1. The first-order valence-electron chi connectivity index (χ1n) is 10.4. The first-order valence-corrected chi connectivity index (χ1v) is 10.7. The third kappa shape index (κ3) is 4.47. The molecule has 10 nitrogen and oxygen atoms in total. The number of ether oxygens (including phenoxy) is 4. The van der Waals surface area contributed by atoms with Gasteiger partial charge in [-0.1, -0.05) is 17.7 Å². The Morgan fingerprint density at radius 3 is 2.50 bits per heavy atom. The highest BCUT2D eigenvalue weighted by Gasteiger charge is 2.33. The summed E-state index contributed by atoms with van der Waals surface area (Å²) in [7, 11) is 3.03. The zero-order valence-corrected chi connectivity index (χ0v) is 19.7. The first-order chi connectivity index (χ1) is 17.3. The number of rotatable bonds is 6. The lowest BCUT2D eigenvalue weighted by molar-refractivity contribution is -0.384. The minimum atomic E-state index is -0.897. The van der Waals surface area contributed by atoms with E-state index in [0.717, 1.165) is 6.07 Å². The fourth-order valence-corrected chi connectivity index (χ4v) is 4.02. The second kappa shape index (κ2) is 9.85. The van der Waals surface area contributed by atoms with Crippen molar-refractivity contribution in [1.82, 2.24) is 0 Å². The smallest absolute Gasteiger partial charge is 0.345 e. The largest absolute Gasteiger partial charge is 0.497 e. The van der Waals surface area contributed by atoms with E-state index >= 15 is 0 Å². The van der Waals surface area contributed by atoms with Gasteiger partial charge in [-0.25, -0.2) is 4.79 Å². The number of non-ortho nitro benzene ring substituents is 1. The topological polar surface area (TPSA) is 147 Å². The summed E-state index contributed by atoms with van der Waals surface area (Å²) in [6.45, 7) is 0. The van der Waals surface area contributed by atoms with Crippen LogP contribution >= 0.6 is 11.6 Å². The third-order valence-electron chi connectivity index (χ3n) is 5.53. The zero-order valence-electron chi connectivity index (χ0n) is 19.0. The number of hydrogen-bond acceptors (Lipinski definition) is 9. The summed E-state index contributed by atoms with van der Waals surface area (Å²) >= 11 is 6.05. The fraction of sp³-hybridized carbons (Fsp3) is 0.120. The van der Waals surface area contributed by atoms with Crippen molar-refractivity contribution in [2.75, 3.05) is 14.2 Å². The molecule has 1 unspecified atom stereocenters. The molecule has 0 aliphatic carbocycles. The van der Waals surface area contributed by atoms with Gasteiger partial charge in [0.2, 0.25) is 5.88 Å². The Morgan fingerprint density at radius 2 is 1.83 bits per heavy atom. The van der Waals surface area contributed by atoms with Gasteiger partial charge in [-0.2, -0.15) is 5.26 Å². The number of nitrogens with zero attached hydrogens (tertiary/aromatic N) is 2. The molecule has 1 aliphatic heterocycles. The summed E-state index contributed by atoms with van der Waals surface area (Å²) in [5.41, 5.74) is 6.95. The number of benzene rings is 3. The lowest BCUT2D eigenvalue weighted by Crippen LogP contribution is -2.21. The van der Waals surface area contributed by atoms with Crippen molar-refractivity contribution in [3.05, 3.63) is 97.9 Å². The molecule has 0 bridgehead atoms.